The summed E-state index contributed by atoms with van der Waals surface area (Å²) in [5, 5.41) is 5.67. The molecule has 1 aliphatic heterocycles. The average Bonchev–Trinajstić information content (AvgIpc) is 2.25. The predicted octanol–water partition coefficient (Wildman–Crippen LogP) is 0.137. The first-order chi connectivity index (χ1) is 6.86. The van der Waals surface area contributed by atoms with Gasteiger partial charge in [0, 0.05) is 39.3 Å². The molecule has 0 saturated carbocycles. The van der Waals surface area contributed by atoms with Gasteiger partial charge >= 0.3 is 0 Å². The zero-order valence-corrected chi connectivity index (χ0v) is 8.26. The van der Waals surface area contributed by atoms with Crippen LogP contribution in [0.5, 0.6) is 0 Å². The van der Waals surface area contributed by atoms with Crippen LogP contribution in [0.4, 0.5) is 0 Å². The first-order valence-electron chi connectivity index (χ1n) is 4.89. The minimum absolute atomic E-state index is 0.371. The number of nitrogens with zero attached hydrogens (tertiary/aromatic N) is 4. The smallest absolute Gasteiger partial charge is 0.0938 e. The van der Waals surface area contributed by atoms with Crippen LogP contribution in [0.3, 0.4) is 0 Å². The molecule has 1 saturated heterocycles. The Morgan fingerprint density at radius 1 is 0.786 bits per heavy atom. The van der Waals surface area contributed by atoms with Gasteiger partial charge in [-0.05, 0) is 0 Å². The Morgan fingerprint density at radius 3 is 1.43 bits per heavy atom. The van der Waals surface area contributed by atoms with Crippen LogP contribution in [-0.2, 0) is 0 Å². The lowest BCUT2D eigenvalue weighted by atomic mass is 10.3. The Hall–Kier alpha value is -0.880. The summed E-state index contributed by atoms with van der Waals surface area (Å²) in [6.45, 7) is 6.06. The third-order valence-corrected chi connectivity index (χ3v) is 2.48. The van der Waals surface area contributed by atoms with Crippen molar-refractivity contribution in [3.05, 3.63) is 9.81 Å². The van der Waals surface area contributed by atoms with Gasteiger partial charge in [-0.25, -0.2) is 0 Å². The van der Waals surface area contributed by atoms with Crippen LogP contribution in [-0.4, -0.2) is 62.2 Å². The summed E-state index contributed by atoms with van der Waals surface area (Å²) >= 11 is 0. The van der Waals surface area contributed by atoms with E-state index in [-0.39, 0.29) is 0 Å². The molecule has 0 unspecified atom stereocenters. The fourth-order valence-electron chi connectivity index (χ4n) is 1.60. The van der Waals surface area contributed by atoms with Crippen LogP contribution < -0.4 is 0 Å². The van der Waals surface area contributed by atoms with E-state index < -0.39 is 0 Å². The molecule has 0 atom stereocenters. The van der Waals surface area contributed by atoms with Crippen molar-refractivity contribution in [3.63, 3.8) is 0 Å². The molecule has 0 amide bonds. The second-order valence-corrected chi connectivity index (χ2v) is 3.39. The normalized spacial score (nSPS) is 19.4. The molecule has 6 nitrogen and oxygen atoms in total. The number of hydrogen-bond acceptors (Lipinski definition) is 6. The molecular formula is C8H16N4O2. The average molecular weight is 200 g/mol. The van der Waals surface area contributed by atoms with Gasteiger partial charge in [-0.15, -0.1) is 0 Å². The Labute approximate surface area is 83.2 Å². The molecule has 0 aromatic carbocycles. The topological polar surface area (TPSA) is 65.3 Å². The summed E-state index contributed by atoms with van der Waals surface area (Å²) in [7, 11) is 0. The van der Waals surface area contributed by atoms with Gasteiger partial charge in [-0.3, -0.25) is 9.80 Å². The van der Waals surface area contributed by atoms with Gasteiger partial charge in [0.2, 0.25) is 0 Å². The van der Waals surface area contributed by atoms with E-state index in [2.05, 4.69) is 20.2 Å². The van der Waals surface area contributed by atoms with Crippen LogP contribution in [0.1, 0.15) is 0 Å². The van der Waals surface area contributed by atoms with Crippen molar-refractivity contribution in [1.29, 1.82) is 0 Å². The lowest BCUT2D eigenvalue weighted by Gasteiger charge is -2.33. The van der Waals surface area contributed by atoms with Crippen molar-refractivity contribution in [3.8, 4) is 0 Å². The molecule has 14 heavy (non-hydrogen) atoms. The van der Waals surface area contributed by atoms with Gasteiger partial charge in [0.1, 0.15) is 0 Å². The predicted molar refractivity (Wildman–Crippen MR) is 54.2 cm³/mol. The molecule has 80 valence electrons. The highest BCUT2D eigenvalue weighted by Gasteiger charge is 2.15. The van der Waals surface area contributed by atoms with Crippen molar-refractivity contribution in [2.24, 2.45) is 10.4 Å². The largest absolute Gasteiger partial charge is 0.299 e. The molecule has 0 spiro atoms. The van der Waals surface area contributed by atoms with E-state index in [1.165, 1.54) is 0 Å². The van der Waals surface area contributed by atoms with Crippen molar-refractivity contribution < 1.29 is 0 Å². The maximum atomic E-state index is 9.92. The van der Waals surface area contributed by atoms with E-state index in [1.807, 2.05) is 0 Å². The minimum atomic E-state index is 0.371. The summed E-state index contributed by atoms with van der Waals surface area (Å²) in [6, 6.07) is 0. The highest BCUT2D eigenvalue weighted by atomic mass is 16.3. The number of hydrogen-bond donors (Lipinski definition) is 0. The first-order valence-corrected chi connectivity index (χ1v) is 4.89. The summed E-state index contributed by atoms with van der Waals surface area (Å²) < 4.78 is 0. The molecule has 0 aliphatic carbocycles. The Kier molecular flexibility index (Phi) is 5.24. The maximum absolute atomic E-state index is 9.92. The third kappa shape index (κ3) is 3.89. The Balaban J connectivity index is 2.10. The standard InChI is InChI=1S/C8H16N4O2/c13-9-1-3-11-5-7-12(8-6-11)4-2-10-14/h1-8H2. The van der Waals surface area contributed by atoms with Crippen LogP contribution in [0.15, 0.2) is 10.4 Å². The van der Waals surface area contributed by atoms with Crippen LogP contribution in [0, 0.1) is 9.81 Å². The quantitative estimate of drug-likeness (QED) is 0.572. The lowest BCUT2D eigenvalue weighted by Crippen LogP contribution is -2.47. The highest BCUT2D eigenvalue weighted by molar-refractivity contribution is 4.72. The second kappa shape index (κ2) is 6.56. The van der Waals surface area contributed by atoms with Crippen LogP contribution in [0.25, 0.3) is 0 Å². The molecule has 1 rings (SSSR count). The maximum Gasteiger partial charge on any atom is 0.0938 e. The van der Waals surface area contributed by atoms with Gasteiger partial charge in [-0.2, -0.15) is 9.81 Å². The zero-order valence-electron chi connectivity index (χ0n) is 8.26. The molecule has 0 radical (unpaired) electrons. The molecule has 0 aromatic heterocycles. The van der Waals surface area contributed by atoms with E-state index in [4.69, 9.17) is 0 Å². The summed E-state index contributed by atoms with van der Waals surface area (Å²) in [6.07, 6.45) is 0. The minimum Gasteiger partial charge on any atom is -0.299 e. The zero-order chi connectivity index (χ0) is 10.2. The van der Waals surface area contributed by atoms with E-state index in [0.717, 1.165) is 39.3 Å². The molecule has 0 aromatic rings. The number of piperazine rings is 1. The SMILES string of the molecule is O=NCCN1CCN(CCN=O)CC1. The molecule has 0 N–H and O–H groups in total. The van der Waals surface area contributed by atoms with Gasteiger partial charge in [-0.1, -0.05) is 10.4 Å². The van der Waals surface area contributed by atoms with Gasteiger partial charge in [0.15, 0.2) is 0 Å². The summed E-state index contributed by atoms with van der Waals surface area (Å²) in [5.41, 5.74) is 0. The summed E-state index contributed by atoms with van der Waals surface area (Å²) in [4.78, 5) is 24.3. The fourth-order valence-corrected chi connectivity index (χ4v) is 1.60. The second-order valence-electron chi connectivity index (χ2n) is 3.39. The van der Waals surface area contributed by atoms with Crippen molar-refractivity contribution in [1.82, 2.24) is 9.80 Å². The van der Waals surface area contributed by atoms with Gasteiger partial charge < -0.3 is 0 Å². The molecule has 1 heterocycles. The van der Waals surface area contributed by atoms with Gasteiger partial charge in [0.25, 0.3) is 0 Å². The monoisotopic (exact) mass is 200 g/mol. The van der Waals surface area contributed by atoms with Crippen molar-refractivity contribution in [2.75, 3.05) is 52.4 Å². The Bertz CT molecular complexity index is 160. The van der Waals surface area contributed by atoms with E-state index in [1.54, 1.807) is 0 Å². The van der Waals surface area contributed by atoms with E-state index >= 15 is 0 Å². The highest BCUT2D eigenvalue weighted by Crippen LogP contribution is 2.00. The van der Waals surface area contributed by atoms with Gasteiger partial charge in [0.05, 0.1) is 13.1 Å². The van der Waals surface area contributed by atoms with Crippen molar-refractivity contribution in [2.45, 2.75) is 0 Å². The van der Waals surface area contributed by atoms with Crippen molar-refractivity contribution >= 4 is 0 Å². The lowest BCUT2D eigenvalue weighted by molar-refractivity contribution is 0.138. The van der Waals surface area contributed by atoms with E-state index in [9.17, 15) is 9.81 Å². The molecular weight excluding hydrogens is 184 g/mol. The Morgan fingerprint density at radius 2 is 1.14 bits per heavy atom. The molecule has 0 bridgehead atoms. The molecule has 1 fully saturated rings. The number of nitroso groups, excluding NO2 is 2. The fraction of sp³-hybridized carbons (Fsp3) is 1.00. The van der Waals surface area contributed by atoms with Crippen LogP contribution >= 0.6 is 0 Å². The summed E-state index contributed by atoms with van der Waals surface area (Å²) in [5.74, 6) is 0. The number of rotatable bonds is 6. The molecule has 6 heteroatoms. The van der Waals surface area contributed by atoms with E-state index in [0.29, 0.717) is 13.1 Å². The third-order valence-electron chi connectivity index (χ3n) is 2.48. The first kappa shape index (κ1) is 11.2. The molecule has 1 aliphatic rings. The van der Waals surface area contributed by atoms with Crippen LogP contribution in [0.2, 0.25) is 0 Å².